The van der Waals surface area contributed by atoms with E-state index in [2.05, 4.69) is 105 Å². The third-order valence-electron chi connectivity index (χ3n) is 4.74. The SMILES string of the molecule is CCC(C)[N+](c1ccccc1)(c1ccccc1)c1ccccc1. The zero-order valence-corrected chi connectivity index (χ0v) is 13.9. The summed E-state index contributed by atoms with van der Waals surface area (Å²) >= 11 is 0. The molecule has 1 unspecified atom stereocenters. The highest BCUT2D eigenvalue weighted by molar-refractivity contribution is 5.71. The lowest BCUT2D eigenvalue weighted by molar-refractivity contribution is 0.394. The second kappa shape index (κ2) is 6.80. The molecule has 3 aromatic rings. The number of rotatable bonds is 5. The minimum atomic E-state index is 0.433. The molecule has 3 aromatic carbocycles. The molecular formula is C22H24N+. The van der Waals surface area contributed by atoms with Gasteiger partial charge in [0.1, 0.15) is 17.1 Å². The van der Waals surface area contributed by atoms with Crippen molar-refractivity contribution in [2.45, 2.75) is 26.3 Å². The standard InChI is InChI=1S/C22H24N/c1-3-19(2)23(20-13-7-4-8-14-20,21-15-9-5-10-16-21)22-17-11-6-12-18-22/h4-19H,3H2,1-2H3/q+1. The van der Waals surface area contributed by atoms with Crippen molar-refractivity contribution in [2.24, 2.45) is 0 Å². The summed E-state index contributed by atoms with van der Waals surface area (Å²) in [6.07, 6.45) is 1.10. The number of quaternary nitrogens is 1. The Morgan fingerprint density at radius 1 is 0.609 bits per heavy atom. The van der Waals surface area contributed by atoms with Gasteiger partial charge in [0, 0.05) is 0 Å². The van der Waals surface area contributed by atoms with E-state index >= 15 is 0 Å². The predicted octanol–water partition coefficient (Wildman–Crippen LogP) is 6.46. The molecule has 0 saturated carbocycles. The minimum absolute atomic E-state index is 0.433. The van der Waals surface area contributed by atoms with Crippen LogP contribution in [0.1, 0.15) is 20.3 Å². The van der Waals surface area contributed by atoms with Crippen molar-refractivity contribution in [1.29, 1.82) is 0 Å². The van der Waals surface area contributed by atoms with Crippen LogP contribution in [0, 0.1) is 0 Å². The van der Waals surface area contributed by atoms with E-state index < -0.39 is 0 Å². The van der Waals surface area contributed by atoms with Gasteiger partial charge in [0.05, 0.1) is 6.04 Å². The number of hydrogen-bond donors (Lipinski definition) is 0. The van der Waals surface area contributed by atoms with Gasteiger partial charge in [-0.2, -0.15) is 0 Å². The van der Waals surface area contributed by atoms with Gasteiger partial charge in [0.15, 0.2) is 0 Å². The highest BCUT2D eigenvalue weighted by atomic mass is 15.4. The summed E-state index contributed by atoms with van der Waals surface area (Å²) in [5, 5.41) is 0. The van der Waals surface area contributed by atoms with E-state index in [1.54, 1.807) is 0 Å². The summed E-state index contributed by atoms with van der Waals surface area (Å²) in [5.41, 5.74) is 3.91. The molecule has 1 atom stereocenters. The Balaban J connectivity index is 2.35. The van der Waals surface area contributed by atoms with Crippen LogP contribution >= 0.6 is 0 Å². The molecule has 0 spiro atoms. The Hall–Kier alpha value is -2.38. The average Bonchev–Trinajstić information content (AvgIpc) is 2.65. The van der Waals surface area contributed by atoms with Crippen LogP contribution in [0.4, 0.5) is 17.1 Å². The molecule has 0 fully saturated rings. The summed E-state index contributed by atoms with van der Waals surface area (Å²) in [4.78, 5) is 0. The Morgan fingerprint density at radius 3 is 1.17 bits per heavy atom. The van der Waals surface area contributed by atoms with E-state index in [1.807, 2.05) is 0 Å². The largest absolute Gasteiger partial charge is 0.224 e. The van der Waals surface area contributed by atoms with Crippen molar-refractivity contribution in [1.82, 2.24) is 4.48 Å². The number of hydrogen-bond acceptors (Lipinski definition) is 0. The van der Waals surface area contributed by atoms with E-state index in [1.165, 1.54) is 17.1 Å². The smallest absolute Gasteiger partial charge is 0.143 e. The lowest BCUT2D eigenvalue weighted by atomic mass is 10.0. The molecule has 0 aliphatic heterocycles. The number of para-hydroxylation sites is 3. The maximum Gasteiger partial charge on any atom is 0.143 e. The Bertz CT molecular complexity index is 623. The van der Waals surface area contributed by atoms with Crippen LogP contribution in [-0.4, -0.2) is 6.04 Å². The van der Waals surface area contributed by atoms with Gasteiger partial charge >= 0.3 is 0 Å². The summed E-state index contributed by atoms with van der Waals surface area (Å²) in [7, 11) is 0. The maximum absolute atomic E-state index is 2.34. The third-order valence-corrected chi connectivity index (χ3v) is 4.74. The zero-order chi connectivity index (χ0) is 16.1. The van der Waals surface area contributed by atoms with E-state index in [0.717, 1.165) is 10.9 Å². The molecule has 1 nitrogen and oxygen atoms in total. The average molecular weight is 302 g/mol. The van der Waals surface area contributed by atoms with E-state index in [0.29, 0.717) is 6.04 Å². The molecule has 0 heterocycles. The number of benzene rings is 3. The molecular weight excluding hydrogens is 278 g/mol. The van der Waals surface area contributed by atoms with Crippen LogP contribution in [0.3, 0.4) is 0 Å². The summed E-state index contributed by atoms with van der Waals surface area (Å²) in [5.74, 6) is 0. The van der Waals surface area contributed by atoms with Gasteiger partial charge in [-0.05, 0) is 49.7 Å². The topological polar surface area (TPSA) is 0 Å². The van der Waals surface area contributed by atoms with Crippen molar-refractivity contribution >= 4 is 17.1 Å². The molecule has 0 saturated heterocycles. The number of nitrogens with zero attached hydrogens (tertiary/aromatic N) is 1. The van der Waals surface area contributed by atoms with Gasteiger partial charge in [-0.25, -0.2) is 4.48 Å². The molecule has 0 aromatic heterocycles. The van der Waals surface area contributed by atoms with Crippen LogP contribution in [0.25, 0.3) is 0 Å². The summed E-state index contributed by atoms with van der Waals surface area (Å²) in [6, 6.07) is 33.0. The van der Waals surface area contributed by atoms with Crippen molar-refractivity contribution < 1.29 is 0 Å². The minimum Gasteiger partial charge on any atom is -0.224 e. The van der Waals surface area contributed by atoms with Crippen LogP contribution in [0.5, 0.6) is 0 Å². The van der Waals surface area contributed by atoms with Gasteiger partial charge in [-0.3, -0.25) is 0 Å². The summed E-state index contributed by atoms with van der Waals surface area (Å²) < 4.78 is 0.749. The fraction of sp³-hybridized carbons (Fsp3) is 0.182. The van der Waals surface area contributed by atoms with Crippen LogP contribution in [0.15, 0.2) is 91.0 Å². The molecule has 116 valence electrons. The van der Waals surface area contributed by atoms with Crippen LogP contribution in [-0.2, 0) is 0 Å². The lowest BCUT2D eigenvalue weighted by Gasteiger charge is -2.42. The molecule has 0 bridgehead atoms. The predicted molar refractivity (Wildman–Crippen MR) is 100 cm³/mol. The van der Waals surface area contributed by atoms with Gasteiger partial charge in [0.25, 0.3) is 0 Å². The van der Waals surface area contributed by atoms with Gasteiger partial charge in [-0.1, -0.05) is 61.5 Å². The molecule has 3 rings (SSSR count). The van der Waals surface area contributed by atoms with Gasteiger partial charge in [-0.15, -0.1) is 0 Å². The first kappa shape index (κ1) is 15.5. The Morgan fingerprint density at radius 2 is 0.913 bits per heavy atom. The van der Waals surface area contributed by atoms with Crippen molar-refractivity contribution in [3.05, 3.63) is 91.0 Å². The fourth-order valence-electron chi connectivity index (χ4n) is 3.47. The molecule has 23 heavy (non-hydrogen) atoms. The van der Waals surface area contributed by atoms with Crippen LogP contribution in [0.2, 0.25) is 0 Å². The van der Waals surface area contributed by atoms with Crippen molar-refractivity contribution in [3.63, 3.8) is 0 Å². The van der Waals surface area contributed by atoms with E-state index in [4.69, 9.17) is 0 Å². The quantitative estimate of drug-likeness (QED) is 0.475. The Labute approximate surface area is 139 Å². The highest BCUT2D eigenvalue weighted by Crippen LogP contribution is 2.46. The second-order valence-electron chi connectivity index (χ2n) is 5.99. The molecule has 0 radical (unpaired) electrons. The molecule has 0 N–H and O–H groups in total. The first-order valence-electron chi connectivity index (χ1n) is 8.35. The normalized spacial score (nSPS) is 12.8. The lowest BCUT2D eigenvalue weighted by Crippen LogP contribution is -2.46. The van der Waals surface area contributed by atoms with Crippen LogP contribution < -0.4 is 4.48 Å². The Kier molecular flexibility index (Phi) is 4.59. The second-order valence-corrected chi connectivity index (χ2v) is 5.99. The molecule has 0 aliphatic rings. The first-order valence-corrected chi connectivity index (χ1v) is 8.35. The van der Waals surface area contributed by atoms with E-state index in [9.17, 15) is 0 Å². The van der Waals surface area contributed by atoms with E-state index in [-0.39, 0.29) is 0 Å². The molecule has 0 amide bonds. The zero-order valence-electron chi connectivity index (χ0n) is 13.9. The molecule has 1 heteroatoms. The monoisotopic (exact) mass is 302 g/mol. The third kappa shape index (κ3) is 2.69. The first-order chi connectivity index (χ1) is 11.3. The summed E-state index contributed by atoms with van der Waals surface area (Å²) in [6.45, 7) is 4.61. The van der Waals surface area contributed by atoms with Gasteiger partial charge in [0.2, 0.25) is 0 Å². The fourth-order valence-corrected chi connectivity index (χ4v) is 3.47. The van der Waals surface area contributed by atoms with Gasteiger partial charge < -0.3 is 0 Å². The highest BCUT2D eigenvalue weighted by Gasteiger charge is 2.40. The molecule has 0 aliphatic carbocycles. The maximum atomic E-state index is 2.34. The van der Waals surface area contributed by atoms with Crippen molar-refractivity contribution in [2.75, 3.05) is 0 Å². The van der Waals surface area contributed by atoms with Crippen molar-refractivity contribution in [3.8, 4) is 0 Å².